The summed E-state index contributed by atoms with van der Waals surface area (Å²) in [6.07, 6.45) is 5.38. The molecule has 0 spiro atoms. The third-order valence-corrected chi connectivity index (χ3v) is 4.46. The normalized spacial score (nSPS) is 16.7. The third-order valence-electron chi connectivity index (χ3n) is 3.60. The number of piperidine rings is 1. The topological polar surface area (TPSA) is 15.3 Å². The van der Waals surface area contributed by atoms with Crippen molar-refractivity contribution in [1.29, 1.82) is 0 Å². The second kappa shape index (κ2) is 8.25. The minimum atomic E-state index is 0.840. The van der Waals surface area contributed by atoms with Gasteiger partial charge in [0.05, 0.1) is 0 Å². The second-order valence-corrected chi connectivity index (χ2v) is 6.49. The molecule has 1 aliphatic heterocycles. The van der Waals surface area contributed by atoms with Crippen molar-refractivity contribution in [3.8, 4) is 0 Å². The molecule has 106 valence electrons. The molecule has 0 bridgehead atoms. The Morgan fingerprint density at radius 1 is 1.21 bits per heavy atom. The van der Waals surface area contributed by atoms with Crippen LogP contribution < -0.4 is 5.32 Å². The first-order valence-electron chi connectivity index (χ1n) is 7.13. The molecule has 0 aliphatic carbocycles. The minimum Gasteiger partial charge on any atom is -0.313 e. The molecule has 4 heteroatoms. The third kappa shape index (κ3) is 5.42. The predicted octanol–water partition coefficient (Wildman–Crippen LogP) is 4.07. The number of hydrogen-bond acceptors (Lipinski definition) is 2. The lowest BCUT2D eigenvalue weighted by Crippen LogP contribution is -2.32. The average molecular weight is 346 g/mol. The standard InChI is InChI=1S/C15H22BrClN2/c16-14-5-6-15(17)13(11-14)12-18-7-4-10-19-8-2-1-3-9-19/h5-6,11,18H,1-4,7-10,12H2. The summed E-state index contributed by atoms with van der Waals surface area (Å²) in [6, 6.07) is 6.00. The van der Waals surface area contributed by atoms with Crippen LogP contribution in [0.4, 0.5) is 0 Å². The van der Waals surface area contributed by atoms with Crippen LogP contribution in [0.3, 0.4) is 0 Å². The molecule has 0 radical (unpaired) electrons. The van der Waals surface area contributed by atoms with Crippen molar-refractivity contribution in [2.45, 2.75) is 32.2 Å². The number of benzene rings is 1. The van der Waals surface area contributed by atoms with Gasteiger partial charge < -0.3 is 10.2 Å². The molecule has 2 nitrogen and oxygen atoms in total. The smallest absolute Gasteiger partial charge is 0.0451 e. The molecule has 1 heterocycles. The van der Waals surface area contributed by atoms with Crippen LogP contribution in [-0.4, -0.2) is 31.1 Å². The van der Waals surface area contributed by atoms with Gasteiger partial charge in [-0.05, 0) is 69.2 Å². The van der Waals surface area contributed by atoms with Gasteiger partial charge in [0, 0.05) is 16.0 Å². The fraction of sp³-hybridized carbons (Fsp3) is 0.600. The number of hydrogen-bond donors (Lipinski definition) is 1. The lowest BCUT2D eigenvalue weighted by molar-refractivity contribution is 0.225. The molecule has 0 atom stereocenters. The van der Waals surface area contributed by atoms with Crippen LogP contribution in [0.5, 0.6) is 0 Å². The fourth-order valence-electron chi connectivity index (χ4n) is 2.51. The summed E-state index contributed by atoms with van der Waals surface area (Å²) in [7, 11) is 0. The van der Waals surface area contributed by atoms with Crippen LogP contribution in [0.2, 0.25) is 5.02 Å². The van der Waals surface area contributed by atoms with Crippen molar-refractivity contribution in [3.05, 3.63) is 33.3 Å². The van der Waals surface area contributed by atoms with E-state index in [1.54, 1.807) is 0 Å². The van der Waals surface area contributed by atoms with Gasteiger partial charge in [0.25, 0.3) is 0 Å². The van der Waals surface area contributed by atoms with Gasteiger partial charge in [0.15, 0.2) is 0 Å². The van der Waals surface area contributed by atoms with Gasteiger partial charge in [0.1, 0.15) is 0 Å². The first-order chi connectivity index (χ1) is 9.25. The Morgan fingerprint density at radius 3 is 2.79 bits per heavy atom. The lowest BCUT2D eigenvalue weighted by atomic mass is 10.1. The molecule has 1 aromatic rings. The van der Waals surface area contributed by atoms with Crippen molar-refractivity contribution in [1.82, 2.24) is 10.2 Å². The van der Waals surface area contributed by atoms with Crippen LogP contribution in [0.25, 0.3) is 0 Å². The molecule has 0 aromatic heterocycles. The van der Waals surface area contributed by atoms with E-state index in [1.807, 2.05) is 12.1 Å². The zero-order chi connectivity index (χ0) is 13.5. The Balaban J connectivity index is 1.62. The summed E-state index contributed by atoms with van der Waals surface area (Å²) >= 11 is 9.64. The highest BCUT2D eigenvalue weighted by molar-refractivity contribution is 9.10. The molecule has 0 unspecified atom stereocenters. The summed E-state index contributed by atoms with van der Waals surface area (Å²) in [5.74, 6) is 0. The van der Waals surface area contributed by atoms with Gasteiger partial charge in [-0.3, -0.25) is 0 Å². The van der Waals surface area contributed by atoms with Crippen LogP contribution in [0, 0.1) is 0 Å². The zero-order valence-corrected chi connectivity index (χ0v) is 13.6. The van der Waals surface area contributed by atoms with E-state index in [2.05, 4.69) is 32.2 Å². The summed E-state index contributed by atoms with van der Waals surface area (Å²) < 4.78 is 1.09. The van der Waals surface area contributed by atoms with Crippen LogP contribution >= 0.6 is 27.5 Å². The Labute approximate surface area is 129 Å². The van der Waals surface area contributed by atoms with Crippen molar-refractivity contribution >= 4 is 27.5 Å². The van der Waals surface area contributed by atoms with E-state index in [0.29, 0.717) is 0 Å². The highest BCUT2D eigenvalue weighted by atomic mass is 79.9. The van der Waals surface area contributed by atoms with Gasteiger partial charge in [0.2, 0.25) is 0 Å². The summed E-state index contributed by atoms with van der Waals surface area (Å²) in [6.45, 7) is 5.70. The molecule has 1 aliphatic rings. The van der Waals surface area contributed by atoms with E-state index in [0.717, 1.165) is 28.1 Å². The number of likely N-dealkylation sites (tertiary alicyclic amines) is 1. The van der Waals surface area contributed by atoms with Crippen LogP contribution in [0.15, 0.2) is 22.7 Å². The molecule has 1 aromatic carbocycles. The van der Waals surface area contributed by atoms with E-state index >= 15 is 0 Å². The lowest BCUT2D eigenvalue weighted by Gasteiger charge is -2.26. The first kappa shape index (κ1) is 15.3. The van der Waals surface area contributed by atoms with Crippen molar-refractivity contribution in [2.75, 3.05) is 26.2 Å². The summed E-state index contributed by atoms with van der Waals surface area (Å²) in [4.78, 5) is 2.58. The quantitative estimate of drug-likeness (QED) is 0.782. The number of nitrogens with one attached hydrogen (secondary N) is 1. The molecular formula is C15H22BrClN2. The second-order valence-electron chi connectivity index (χ2n) is 5.17. The van der Waals surface area contributed by atoms with Crippen LogP contribution in [-0.2, 0) is 6.54 Å². The SMILES string of the molecule is Clc1ccc(Br)cc1CNCCCN1CCCCC1. The summed E-state index contributed by atoms with van der Waals surface area (Å²) in [5, 5.41) is 4.32. The number of nitrogens with zero attached hydrogens (tertiary/aromatic N) is 1. The van der Waals surface area contributed by atoms with E-state index in [9.17, 15) is 0 Å². The molecule has 0 saturated carbocycles. The Hall–Kier alpha value is -0.0900. The van der Waals surface area contributed by atoms with E-state index in [-0.39, 0.29) is 0 Å². The van der Waals surface area contributed by atoms with E-state index in [1.165, 1.54) is 45.3 Å². The van der Waals surface area contributed by atoms with Crippen molar-refractivity contribution in [2.24, 2.45) is 0 Å². The molecule has 1 N–H and O–H groups in total. The minimum absolute atomic E-state index is 0.840. The number of halogens is 2. The first-order valence-corrected chi connectivity index (χ1v) is 8.30. The summed E-state index contributed by atoms with van der Waals surface area (Å²) in [5.41, 5.74) is 1.16. The van der Waals surface area contributed by atoms with E-state index < -0.39 is 0 Å². The molecule has 2 rings (SSSR count). The Morgan fingerprint density at radius 2 is 2.00 bits per heavy atom. The van der Waals surface area contributed by atoms with Crippen molar-refractivity contribution in [3.63, 3.8) is 0 Å². The fourth-order valence-corrected chi connectivity index (χ4v) is 3.11. The highest BCUT2D eigenvalue weighted by Crippen LogP contribution is 2.20. The average Bonchev–Trinajstić information content (AvgIpc) is 2.43. The van der Waals surface area contributed by atoms with Crippen molar-refractivity contribution < 1.29 is 0 Å². The maximum Gasteiger partial charge on any atom is 0.0451 e. The molecule has 0 amide bonds. The zero-order valence-electron chi connectivity index (χ0n) is 11.3. The van der Waals surface area contributed by atoms with Crippen LogP contribution in [0.1, 0.15) is 31.2 Å². The van der Waals surface area contributed by atoms with Gasteiger partial charge in [-0.15, -0.1) is 0 Å². The predicted molar refractivity (Wildman–Crippen MR) is 85.8 cm³/mol. The molecular weight excluding hydrogens is 324 g/mol. The monoisotopic (exact) mass is 344 g/mol. The van der Waals surface area contributed by atoms with Gasteiger partial charge in [-0.2, -0.15) is 0 Å². The molecule has 1 fully saturated rings. The maximum atomic E-state index is 6.16. The van der Waals surface area contributed by atoms with Gasteiger partial charge in [-0.25, -0.2) is 0 Å². The molecule has 19 heavy (non-hydrogen) atoms. The van der Waals surface area contributed by atoms with Gasteiger partial charge >= 0.3 is 0 Å². The highest BCUT2D eigenvalue weighted by Gasteiger charge is 2.08. The largest absolute Gasteiger partial charge is 0.313 e. The number of rotatable bonds is 6. The molecule has 1 saturated heterocycles. The Kier molecular flexibility index (Phi) is 6.65. The Bertz CT molecular complexity index is 392. The maximum absolute atomic E-state index is 6.16. The van der Waals surface area contributed by atoms with Gasteiger partial charge in [-0.1, -0.05) is 34.0 Å². The van der Waals surface area contributed by atoms with E-state index in [4.69, 9.17) is 11.6 Å².